The van der Waals surface area contributed by atoms with Gasteiger partial charge in [0.2, 0.25) is 0 Å². The molecule has 6 aliphatic rings. The van der Waals surface area contributed by atoms with E-state index in [1.807, 2.05) is 12.2 Å². The molecule has 4 unspecified atom stereocenters. The van der Waals surface area contributed by atoms with Gasteiger partial charge in [-0.05, 0) is 62.7 Å². The predicted octanol–water partition coefficient (Wildman–Crippen LogP) is 2.66. The van der Waals surface area contributed by atoms with E-state index in [2.05, 4.69) is 0 Å². The summed E-state index contributed by atoms with van der Waals surface area (Å²) in [5.41, 5.74) is -0.0108. The molecule has 0 aromatic rings. The second-order valence-electron chi connectivity index (χ2n) is 8.79. The number of hydrogen-bond acceptors (Lipinski definition) is 4. The van der Waals surface area contributed by atoms with Crippen LogP contribution in [-0.4, -0.2) is 29.6 Å². The first-order valence-corrected chi connectivity index (χ1v) is 9.29. The third kappa shape index (κ3) is 2.29. The molecule has 0 radical (unpaired) electrons. The topological polar surface area (TPSA) is 55.8 Å². The van der Waals surface area contributed by atoms with Crippen molar-refractivity contribution in [2.45, 2.75) is 56.7 Å². The first-order chi connectivity index (χ1) is 11.1. The van der Waals surface area contributed by atoms with Crippen LogP contribution in [0.1, 0.15) is 44.9 Å². The minimum absolute atomic E-state index is 0.0108. The molecule has 5 saturated carbocycles. The highest BCUT2D eigenvalue weighted by atomic mass is 16.7. The van der Waals surface area contributed by atoms with Crippen LogP contribution in [-0.2, 0) is 14.3 Å². The summed E-state index contributed by atoms with van der Waals surface area (Å²) in [7, 11) is 0. The van der Waals surface area contributed by atoms with E-state index in [4.69, 9.17) is 9.47 Å². The molecule has 0 aliphatic heterocycles. The molecule has 0 heterocycles. The largest absolute Gasteiger partial charge is 0.438 e. The lowest BCUT2D eigenvalue weighted by molar-refractivity contribution is -0.212. The summed E-state index contributed by atoms with van der Waals surface area (Å²) in [5.74, 6) is 2.23. The third-order valence-electron chi connectivity index (χ3n) is 7.26. The van der Waals surface area contributed by atoms with Gasteiger partial charge in [0, 0.05) is 11.8 Å². The van der Waals surface area contributed by atoms with Gasteiger partial charge in [0.05, 0.1) is 17.6 Å². The molecule has 0 aromatic carbocycles. The fourth-order valence-electron chi connectivity index (χ4n) is 6.61. The van der Waals surface area contributed by atoms with Crippen LogP contribution < -0.4 is 0 Å². The number of carbonyl (C=O) groups excluding carboxylic acids is 1. The van der Waals surface area contributed by atoms with Crippen molar-refractivity contribution in [3.05, 3.63) is 12.2 Å². The molecule has 0 spiro atoms. The number of esters is 1. The Kier molecular flexibility index (Phi) is 3.18. The molecular formula is C19H26O4. The third-order valence-corrected chi connectivity index (χ3v) is 7.26. The summed E-state index contributed by atoms with van der Waals surface area (Å²) in [6.07, 6.45) is 12.0. The van der Waals surface area contributed by atoms with E-state index < -0.39 is 6.10 Å². The summed E-state index contributed by atoms with van der Waals surface area (Å²) in [6.45, 7) is 0.0959. The van der Waals surface area contributed by atoms with Crippen molar-refractivity contribution >= 4 is 5.97 Å². The standard InChI is InChI=1S/C19H26O4/c20-17-14-1-2-15(17)16(6-14)18(21)22-10-23-19-7-11-3-12(8-19)5-13(4-11)9-19/h1-2,11-17,20H,3-10H2. The molecule has 5 fully saturated rings. The Labute approximate surface area is 137 Å². The van der Waals surface area contributed by atoms with Crippen molar-refractivity contribution in [2.24, 2.45) is 35.5 Å². The molecule has 1 N–H and O–H groups in total. The Morgan fingerprint density at radius 2 is 1.70 bits per heavy atom. The summed E-state index contributed by atoms with van der Waals surface area (Å²) < 4.78 is 11.6. The first-order valence-electron chi connectivity index (χ1n) is 9.29. The lowest BCUT2D eigenvalue weighted by Crippen LogP contribution is -2.52. The van der Waals surface area contributed by atoms with Gasteiger partial charge in [-0.2, -0.15) is 0 Å². The Morgan fingerprint density at radius 3 is 2.22 bits per heavy atom. The smallest absolute Gasteiger partial charge is 0.311 e. The van der Waals surface area contributed by atoms with E-state index in [1.165, 1.54) is 19.3 Å². The molecule has 0 saturated heterocycles. The Bertz CT molecular complexity index is 504. The summed E-state index contributed by atoms with van der Waals surface area (Å²) in [4.78, 5) is 12.3. The Hall–Kier alpha value is -0.870. The fraction of sp³-hybridized carbons (Fsp3) is 0.842. The fourth-order valence-corrected chi connectivity index (χ4v) is 6.61. The van der Waals surface area contributed by atoms with Gasteiger partial charge in [-0.15, -0.1) is 0 Å². The van der Waals surface area contributed by atoms with Gasteiger partial charge in [0.15, 0.2) is 6.79 Å². The van der Waals surface area contributed by atoms with E-state index in [0.29, 0.717) is 0 Å². The van der Waals surface area contributed by atoms with Gasteiger partial charge in [0.1, 0.15) is 0 Å². The molecule has 6 bridgehead atoms. The zero-order chi connectivity index (χ0) is 15.6. The minimum atomic E-state index is -0.392. The highest BCUT2D eigenvalue weighted by Gasteiger charge is 2.52. The predicted molar refractivity (Wildman–Crippen MR) is 83.2 cm³/mol. The van der Waals surface area contributed by atoms with Crippen molar-refractivity contribution in [3.63, 3.8) is 0 Å². The number of rotatable bonds is 4. The zero-order valence-electron chi connectivity index (χ0n) is 13.5. The van der Waals surface area contributed by atoms with Crippen molar-refractivity contribution < 1.29 is 19.4 Å². The van der Waals surface area contributed by atoms with Crippen LogP contribution in [0.3, 0.4) is 0 Å². The molecule has 126 valence electrons. The van der Waals surface area contributed by atoms with E-state index in [9.17, 15) is 9.90 Å². The van der Waals surface area contributed by atoms with Gasteiger partial charge in [-0.25, -0.2) is 0 Å². The molecule has 6 aliphatic carbocycles. The molecule has 4 nitrogen and oxygen atoms in total. The number of ether oxygens (including phenoxy) is 2. The van der Waals surface area contributed by atoms with Crippen LogP contribution in [0.4, 0.5) is 0 Å². The normalized spacial score (nSPS) is 52.3. The van der Waals surface area contributed by atoms with E-state index in [1.54, 1.807) is 0 Å². The quantitative estimate of drug-likeness (QED) is 0.492. The summed E-state index contributed by atoms with van der Waals surface area (Å²) >= 11 is 0. The van der Waals surface area contributed by atoms with Crippen LogP contribution >= 0.6 is 0 Å². The minimum Gasteiger partial charge on any atom is -0.438 e. The van der Waals surface area contributed by atoms with Gasteiger partial charge >= 0.3 is 5.97 Å². The van der Waals surface area contributed by atoms with Crippen molar-refractivity contribution in [1.29, 1.82) is 0 Å². The average molecular weight is 318 g/mol. The molecule has 0 aromatic heterocycles. The van der Waals surface area contributed by atoms with Crippen molar-refractivity contribution in [2.75, 3.05) is 6.79 Å². The number of carbonyl (C=O) groups is 1. The van der Waals surface area contributed by atoms with Crippen molar-refractivity contribution in [3.8, 4) is 0 Å². The van der Waals surface area contributed by atoms with E-state index in [-0.39, 0.29) is 36.1 Å². The lowest BCUT2D eigenvalue weighted by Gasteiger charge is -2.56. The van der Waals surface area contributed by atoms with Gasteiger partial charge < -0.3 is 14.6 Å². The zero-order valence-corrected chi connectivity index (χ0v) is 13.5. The highest BCUT2D eigenvalue weighted by molar-refractivity contribution is 5.74. The van der Waals surface area contributed by atoms with Gasteiger partial charge in [0.25, 0.3) is 0 Å². The average Bonchev–Trinajstić information content (AvgIpc) is 3.01. The van der Waals surface area contributed by atoms with Crippen LogP contribution in [0, 0.1) is 35.5 Å². The van der Waals surface area contributed by atoms with E-state index >= 15 is 0 Å². The molecule has 6 rings (SSSR count). The van der Waals surface area contributed by atoms with Crippen LogP contribution in [0.2, 0.25) is 0 Å². The van der Waals surface area contributed by atoms with E-state index in [0.717, 1.165) is 43.4 Å². The molecular weight excluding hydrogens is 292 g/mol. The van der Waals surface area contributed by atoms with Gasteiger partial charge in [-0.1, -0.05) is 12.2 Å². The number of aliphatic hydroxyl groups is 1. The maximum atomic E-state index is 12.3. The SMILES string of the molecule is O=C(OCOC12CC3CC(CC(C3)C1)C2)C1CC2C=CC1C2O. The van der Waals surface area contributed by atoms with Crippen molar-refractivity contribution in [1.82, 2.24) is 0 Å². The molecule has 4 heteroatoms. The Morgan fingerprint density at radius 1 is 1.04 bits per heavy atom. The first kappa shape index (κ1) is 14.5. The monoisotopic (exact) mass is 318 g/mol. The second kappa shape index (κ2) is 5.06. The van der Waals surface area contributed by atoms with Crippen LogP contribution in [0.15, 0.2) is 12.2 Å². The number of hydrogen-bond donors (Lipinski definition) is 1. The molecule has 0 amide bonds. The summed E-state index contributed by atoms with van der Waals surface area (Å²) in [6, 6.07) is 0. The van der Waals surface area contributed by atoms with Crippen LogP contribution in [0.5, 0.6) is 0 Å². The number of aliphatic hydroxyl groups excluding tert-OH is 1. The molecule has 4 atom stereocenters. The maximum Gasteiger partial charge on any atom is 0.311 e. The van der Waals surface area contributed by atoms with Crippen LogP contribution in [0.25, 0.3) is 0 Å². The lowest BCUT2D eigenvalue weighted by atomic mass is 9.54. The maximum absolute atomic E-state index is 12.3. The highest BCUT2D eigenvalue weighted by Crippen LogP contribution is 2.57. The molecule has 23 heavy (non-hydrogen) atoms. The summed E-state index contributed by atoms with van der Waals surface area (Å²) in [5, 5.41) is 10.0. The second-order valence-corrected chi connectivity index (χ2v) is 8.79. The number of fused-ring (bicyclic) bond motifs is 2. The van der Waals surface area contributed by atoms with Gasteiger partial charge in [-0.3, -0.25) is 4.79 Å². The Balaban J connectivity index is 1.17.